The number of hydrogen-bond donors (Lipinski definition) is 2. The number of rotatable bonds is 4. The topological polar surface area (TPSA) is 106 Å². The first-order valence-corrected chi connectivity index (χ1v) is 6.74. The molecule has 1 aliphatic heterocycles. The average molecular weight is 278 g/mol. The lowest BCUT2D eigenvalue weighted by Gasteiger charge is -2.30. The Labute approximate surface area is 116 Å². The third-order valence-electron chi connectivity index (χ3n) is 3.32. The van der Waals surface area contributed by atoms with Crippen LogP contribution in [0.5, 0.6) is 0 Å². The Morgan fingerprint density at radius 3 is 3.20 bits per heavy atom. The van der Waals surface area contributed by atoms with E-state index in [1.165, 1.54) is 0 Å². The number of aromatic nitrogens is 4. The molecule has 2 aromatic heterocycles. The number of morpholine rings is 1. The molecular formula is C12H18N6O2. The molecule has 0 aromatic carbocycles. The minimum Gasteiger partial charge on any atom is -0.383 e. The van der Waals surface area contributed by atoms with Gasteiger partial charge in [0.25, 0.3) is 5.89 Å². The van der Waals surface area contributed by atoms with E-state index in [1.54, 1.807) is 6.20 Å². The summed E-state index contributed by atoms with van der Waals surface area (Å²) >= 11 is 0. The summed E-state index contributed by atoms with van der Waals surface area (Å²) in [5.41, 5.74) is 6.35. The summed E-state index contributed by atoms with van der Waals surface area (Å²) in [6, 6.07) is 0. The molecule has 1 aliphatic rings. The molecule has 8 nitrogen and oxygen atoms in total. The van der Waals surface area contributed by atoms with E-state index >= 15 is 0 Å². The lowest BCUT2D eigenvalue weighted by atomic mass is 10.2. The van der Waals surface area contributed by atoms with Gasteiger partial charge in [-0.2, -0.15) is 10.1 Å². The number of nitrogens with one attached hydrogen (secondary N) is 1. The zero-order valence-electron chi connectivity index (χ0n) is 11.4. The Kier molecular flexibility index (Phi) is 3.66. The normalized spacial score (nSPS) is 20.4. The zero-order valence-corrected chi connectivity index (χ0v) is 11.4. The Morgan fingerprint density at radius 2 is 2.45 bits per heavy atom. The molecule has 1 atom stereocenters. The number of nitrogens with two attached hydrogens (primary N) is 1. The van der Waals surface area contributed by atoms with Crippen LogP contribution in [0.4, 0.5) is 5.82 Å². The van der Waals surface area contributed by atoms with E-state index in [0.717, 1.165) is 26.1 Å². The van der Waals surface area contributed by atoms with Crippen LogP contribution in [0.1, 0.15) is 25.3 Å². The summed E-state index contributed by atoms with van der Waals surface area (Å²) < 4.78 is 11.0. The van der Waals surface area contributed by atoms with Gasteiger partial charge in [-0.3, -0.25) is 10.00 Å². The molecule has 0 spiro atoms. The van der Waals surface area contributed by atoms with Crippen molar-refractivity contribution in [3.8, 4) is 11.5 Å². The van der Waals surface area contributed by atoms with Gasteiger partial charge in [0.2, 0.25) is 5.82 Å². The van der Waals surface area contributed by atoms with E-state index in [1.807, 2.05) is 0 Å². The van der Waals surface area contributed by atoms with Gasteiger partial charge in [0, 0.05) is 13.1 Å². The van der Waals surface area contributed by atoms with Crippen LogP contribution in [0.3, 0.4) is 0 Å². The van der Waals surface area contributed by atoms with Crippen molar-refractivity contribution in [3.05, 3.63) is 12.0 Å². The summed E-state index contributed by atoms with van der Waals surface area (Å²) in [4.78, 5) is 6.71. The first-order chi connectivity index (χ1) is 9.78. The van der Waals surface area contributed by atoms with E-state index in [9.17, 15) is 0 Å². The molecule has 0 saturated carbocycles. The molecule has 0 radical (unpaired) electrons. The van der Waals surface area contributed by atoms with Gasteiger partial charge in [0.15, 0.2) is 0 Å². The van der Waals surface area contributed by atoms with Crippen molar-refractivity contribution < 1.29 is 9.26 Å². The third-order valence-corrected chi connectivity index (χ3v) is 3.32. The number of ether oxygens (including phenoxy) is 1. The smallest absolute Gasteiger partial charge is 0.263 e. The van der Waals surface area contributed by atoms with Gasteiger partial charge in [0.1, 0.15) is 17.5 Å². The number of hydrogen-bond acceptors (Lipinski definition) is 7. The van der Waals surface area contributed by atoms with Gasteiger partial charge in [0.05, 0.1) is 12.8 Å². The number of aromatic amines is 1. The maximum absolute atomic E-state index is 5.74. The third kappa shape index (κ3) is 2.52. The lowest BCUT2D eigenvalue weighted by molar-refractivity contribution is -0.0350. The zero-order chi connectivity index (χ0) is 13.9. The van der Waals surface area contributed by atoms with E-state index in [2.05, 4.69) is 32.2 Å². The second-order valence-corrected chi connectivity index (χ2v) is 4.82. The van der Waals surface area contributed by atoms with E-state index in [0.29, 0.717) is 29.7 Å². The second kappa shape index (κ2) is 5.59. The molecule has 0 aliphatic carbocycles. The number of nitrogens with zero attached hydrogens (tertiary/aromatic N) is 4. The molecule has 3 N–H and O–H groups in total. The van der Waals surface area contributed by atoms with Gasteiger partial charge in [-0.05, 0) is 13.0 Å². The molecule has 2 aromatic rings. The molecule has 1 unspecified atom stereocenters. The Balaban J connectivity index is 1.75. The maximum atomic E-state index is 5.74. The van der Waals surface area contributed by atoms with Crippen molar-refractivity contribution in [1.29, 1.82) is 0 Å². The van der Waals surface area contributed by atoms with Crippen LogP contribution in [0.2, 0.25) is 0 Å². The summed E-state index contributed by atoms with van der Waals surface area (Å²) in [7, 11) is 0. The van der Waals surface area contributed by atoms with Gasteiger partial charge in [-0.15, -0.1) is 0 Å². The molecule has 108 valence electrons. The molecule has 0 amide bonds. The monoisotopic (exact) mass is 278 g/mol. The van der Waals surface area contributed by atoms with Crippen molar-refractivity contribution in [2.75, 3.05) is 32.0 Å². The standard InChI is InChI=1S/C12H18N6O2/c1-2-3-18-4-5-19-9(7-18)11-15-12(20-17-11)8-6-14-16-10(8)13/h6,9H,2-5,7H2,1H3,(H3,13,14,16). The van der Waals surface area contributed by atoms with Crippen LogP contribution in [0, 0.1) is 0 Å². The quantitative estimate of drug-likeness (QED) is 0.852. The van der Waals surface area contributed by atoms with Crippen molar-refractivity contribution in [2.24, 2.45) is 0 Å². The van der Waals surface area contributed by atoms with Crippen molar-refractivity contribution >= 4 is 5.82 Å². The summed E-state index contributed by atoms with van der Waals surface area (Å²) in [5, 5.41) is 10.5. The van der Waals surface area contributed by atoms with E-state index in [4.69, 9.17) is 15.0 Å². The Bertz CT molecular complexity index is 564. The number of anilines is 1. The van der Waals surface area contributed by atoms with Crippen LogP contribution in [0.25, 0.3) is 11.5 Å². The van der Waals surface area contributed by atoms with Crippen molar-refractivity contribution in [1.82, 2.24) is 25.2 Å². The van der Waals surface area contributed by atoms with E-state index < -0.39 is 0 Å². The molecule has 1 fully saturated rings. The number of nitrogen functional groups attached to an aromatic ring is 1. The molecule has 3 rings (SSSR count). The Morgan fingerprint density at radius 1 is 1.55 bits per heavy atom. The first kappa shape index (κ1) is 13.1. The molecule has 3 heterocycles. The highest BCUT2D eigenvalue weighted by Crippen LogP contribution is 2.25. The van der Waals surface area contributed by atoms with Gasteiger partial charge < -0.3 is 15.0 Å². The Hall–Kier alpha value is -1.93. The fraction of sp³-hybridized carbons (Fsp3) is 0.583. The highest BCUT2D eigenvalue weighted by Gasteiger charge is 2.26. The van der Waals surface area contributed by atoms with Gasteiger partial charge in [-0.1, -0.05) is 12.1 Å². The SMILES string of the molecule is CCCN1CCOC(c2noc(-c3cn[nH]c3N)n2)C1. The minimum atomic E-state index is -0.152. The lowest BCUT2D eigenvalue weighted by Crippen LogP contribution is -2.39. The van der Waals surface area contributed by atoms with Crippen LogP contribution in [0.15, 0.2) is 10.7 Å². The highest BCUT2D eigenvalue weighted by molar-refractivity contribution is 5.65. The van der Waals surface area contributed by atoms with Crippen LogP contribution in [-0.2, 0) is 4.74 Å². The minimum absolute atomic E-state index is 0.152. The predicted molar refractivity (Wildman–Crippen MR) is 71.7 cm³/mol. The van der Waals surface area contributed by atoms with Gasteiger partial charge in [-0.25, -0.2) is 0 Å². The summed E-state index contributed by atoms with van der Waals surface area (Å²) in [6.45, 7) is 5.64. The first-order valence-electron chi connectivity index (χ1n) is 6.74. The molecular weight excluding hydrogens is 260 g/mol. The predicted octanol–water partition coefficient (Wildman–Crippen LogP) is 0.825. The van der Waals surface area contributed by atoms with Crippen LogP contribution >= 0.6 is 0 Å². The van der Waals surface area contributed by atoms with Crippen molar-refractivity contribution in [3.63, 3.8) is 0 Å². The molecule has 1 saturated heterocycles. The average Bonchev–Trinajstić information content (AvgIpc) is 3.08. The van der Waals surface area contributed by atoms with Crippen molar-refractivity contribution in [2.45, 2.75) is 19.4 Å². The number of H-pyrrole nitrogens is 1. The fourth-order valence-electron chi connectivity index (χ4n) is 2.32. The van der Waals surface area contributed by atoms with Crippen LogP contribution < -0.4 is 5.73 Å². The summed E-state index contributed by atoms with van der Waals surface area (Å²) in [6.07, 6.45) is 2.54. The van der Waals surface area contributed by atoms with Gasteiger partial charge >= 0.3 is 0 Å². The van der Waals surface area contributed by atoms with Crippen LogP contribution in [-0.4, -0.2) is 51.5 Å². The highest BCUT2D eigenvalue weighted by atomic mass is 16.5. The summed E-state index contributed by atoms with van der Waals surface area (Å²) in [5.74, 6) is 1.33. The largest absolute Gasteiger partial charge is 0.383 e. The molecule has 8 heteroatoms. The van der Waals surface area contributed by atoms with E-state index in [-0.39, 0.29) is 6.10 Å². The maximum Gasteiger partial charge on any atom is 0.263 e. The fourth-order valence-corrected chi connectivity index (χ4v) is 2.32. The second-order valence-electron chi connectivity index (χ2n) is 4.82. The molecule has 0 bridgehead atoms. The molecule has 20 heavy (non-hydrogen) atoms.